The number of hydrogen-bond donors (Lipinski definition) is 0. The molecule has 1 aromatic carbocycles. The smallest absolute Gasteiger partial charge is 0.256 e. The van der Waals surface area contributed by atoms with Gasteiger partial charge in [0.1, 0.15) is 10.8 Å². The van der Waals surface area contributed by atoms with Crippen LogP contribution in [0.3, 0.4) is 0 Å². The monoisotopic (exact) mass is 472 g/mol. The number of aryl methyl sites for hydroxylation is 1. The molecule has 168 valence electrons. The highest BCUT2D eigenvalue weighted by molar-refractivity contribution is 7.98. The van der Waals surface area contributed by atoms with E-state index in [1.165, 1.54) is 16.1 Å². The minimum Gasteiger partial charge on any atom is -0.361 e. The van der Waals surface area contributed by atoms with Crippen molar-refractivity contribution >= 4 is 27.7 Å². The van der Waals surface area contributed by atoms with Gasteiger partial charge in [-0.2, -0.15) is 4.31 Å². The van der Waals surface area contributed by atoms with Crippen molar-refractivity contribution < 1.29 is 17.7 Å². The van der Waals surface area contributed by atoms with Crippen LogP contribution in [-0.4, -0.2) is 59.8 Å². The molecule has 1 amide bonds. The van der Waals surface area contributed by atoms with E-state index in [-0.39, 0.29) is 24.7 Å². The number of amides is 1. The lowest BCUT2D eigenvalue weighted by Crippen LogP contribution is -2.50. The van der Waals surface area contributed by atoms with Gasteiger partial charge in [-0.1, -0.05) is 47.3 Å². The van der Waals surface area contributed by atoms with Gasteiger partial charge in [-0.05, 0) is 24.6 Å². The van der Waals surface area contributed by atoms with Gasteiger partial charge in [-0.3, -0.25) is 4.79 Å². The van der Waals surface area contributed by atoms with Gasteiger partial charge in [0.25, 0.3) is 5.91 Å². The summed E-state index contributed by atoms with van der Waals surface area (Å²) >= 11 is 1.42. The summed E-state index contributed by atoms with van der Waals surface area (Å²) in [6, 6.07) is 14.5. The molecule has 3 aromatic rings. The maximum Gasteiger partial charge on any atom is 0.256 e. The zero-order valence-electron chi connectivity index (χ0n) is 17.7. The number of carbonyl (C=O) groups is 1. The minimum absolute atomic E-state index is 0.0350. The number of benzene rings is 1. The second-order valence-corrected chi connectivity index (χ2v) is 10.4. The summed E-state index contributed by atoms with van der Waals surface area (Å²) in [5.74, 6) is 1.10. The van der Waals surface area contributed by atoms with Crippen LogP contribution in [0.5, 0.6) is 0 Å². The highest BCUT2D eigenvalue weighted by atomic mass is 32.2. The van der Waals surface area contributed by atoms with Crippen molar-refractivity contribution in [1.29, 1.82) is 0 Å². The third-order valence-electron chi connectivity index (χ3n) is 5.15. The third-order valence-corrected chi connectivity index (χ3v) is 8.04. The Bertz CT molecular complexity index is 1170. The van der Waals surface area contributed by atoms with Crippen LogP contribution < -0.4 is 0 Å². The molecule has 0 N–H and O–H groups in total. The van der Waals surface area contributed by atoms with Gasteiger partial charge in [0.2, 0.25) is 10.0 Å². The number of piperazine rings is 1. The predicted octanol–water partition coefficient (Wildman–Crippen LogP) is 2.96. The zero-order chi connectivity index (χ0) is 22.6. The van der Waals surface area contributed by atoms with Crippen LogP contribution in [0.2, 0.25) is 0 Å². The Balaban J connectivity index is 1.38. The number of hydrogen-bond acceptors (Lipinski definition) is 7. The van der Waals surface area contributed by atoms with Crippen LogP contribution in [0, 0.1) is 6.92 Å². The Labute approximate surface area is 191 Å². The predicted molar refractivity (Wildman–Crippen MR) is 122 cm³/mol. The first-order chi connectivity index (χ1) is 15.4. The number of carbonyl (C=O) groups excluding carboxylic acids is 1. The SMILES string of the molecule is Cc1cc(CSc2ncccc2C(=O)N2CCN(S(=O)(=O)Cc3ccccc3)CC2)no1. The van der Waals surface area contributed by atoms with E-state index in [4.69, 9.17) is 4.52 Å². The topological polar surface area (TPSA) is 96.6 Å². The van der Waals surface area contributed by atoms with E-state index in [2.05, 4.69) is 10.1 Å². The Kier molecular flexibility index (Phi) is 6.92. The fourth-order valence-electron chi connectivity index (χ4n) is 3.51. The summed E-state index contributed by atoms with van der Waals surface area (Å²) < 4.78 is 32.1. The molecule has 0 unspecified atom stereocenters. The van der Waals surface area contributed by atoms with Gasteiger partial charge in [-0.25, -0.2) is 13.4 Å². The molecule has 0 bridgehead atoms. The van der Waals surface area contributed by atoms with Crippen LogP contribution in [0.1, 0.15) is 27.4 Å². The summed E-state index contributed by atoms with van der Waals surface area (Å²) in [5, 5.41) is 4.60. The highest BCUT2D eigenvalue weighted by Gasteiger charge is 2.30. The van der Waals surface area contributed by atoms with Crippen molar-refractivity contribution in [2.45, 2.75) is 23.5 Å². The molecule has 0 radical (unpaired) electrons. The zero-order valence-corrected chi connectivity index (χ0v) is 19.3. The summed E-state index contributed by atoms with van der Waals surface area (Å²) in [6.45, 7) is 3.07. The summed E-state index contributed by atoms with van der Waals surface area (Å²) in [4.78, 5) is 19.2. The molecule has 3 heterocycles. The highest BCUT2D eigenvalue weighted by Crippen LogP contribution is 2.25. The van der Waals surface area contributed by atoms with E-state index in [0.717, 1.165) is 17.0 Å². The van der Waals surface area contributed by atoms with Crippen LogP contribution in [0.25, 0.3) is 0 Å². The Morgan fingerprint density at radius 2 is 1.84 bits per heavy atom. The van der Waals surface area contributed by atoms with Gasteiger partial charge in [0.05, 0.1) is 17.0 Å². The van der Waals surface area contributed by atoms with Gasteiger partial charge >= 0.3 is 0 Å². The molecule has 1 saturated heterocycles. The maximum absolute atomic E-state index is 13.2. The number of sulfonamides is 1. The first-order valence-corrected chi connectivity index (χ1v) is 12.8. The van der Waals surface area contributed by atoms with E-state index < -0.39 is 10.0 Å². The van der Waals surface area contributed by atoms with Crippen molar-refractivity contribution in [3.05, 3.63) is 77.3 Å². The molecule has 0 atom stereocenters. The summed E-state index contributed by atoms with van der Waals surface area (Å²) in [7, 11) is -3.43. The average Bonchev–Trinajstić information content (AvgIpc) is 3.23. The third kappa shape index (κ3) is 5.37. The standard InChI is InChI=1S/C22H24N4O4S2/c1-17-14-19(24-30-17)15-31-21-20(8-5-9-23-21)22(27)25-10-12-26(13-11-25)32(28,29)16-18-6-3-2-4-7-18/h2-9,14H,10-13,15-16H2,1H3. The molecular weight excluding hydrogens is 448 g/mol. The molecule has 4 rings (SSSR count). The van der Waals surface area contributed by atoms with Crippen molar-refractivity contribution in [2.75, 3.05) is 26.2 Å². The molecular formula is C22H24N4O4S2. The Hall–Kier alpha value is -2.69. The molecule has 0 aliphatic carbocycles. The van der Waals surface area contributed by atoms with E-state index in [1.54, 1.807) is 35.4 Å². The molecule has 10 heteroatoms. The Morgan fingerprint density at radius 3 is 2.53 bits per heavy atom. The fraction of sp³-hybridized carbons (Fsp3) is 0.318. The first kappa shape index (κ1) is 22.5. The van der Waals surface area contributed by atoms with Crippen LogP contribution in [0.15, 0.2) is 64.3 Å². The molecule has 2 aromatic heterocycles. The number of nitrogens with zero attached hydrogens (tertiary/aromatic N) is 4. The second-order valence-electron chi connectivity index (χ2n) is 7.51. The first-order valence-electron chi connectivity index (χ1n) is 10.2. The Morgan fingerprint density at radius 1 is 1.09 bits per heavy atom. The van der Waals surface area contributed by atoms with Crippen LogP contribution in [-0.2, 0) is 21.5 Å². The van der Waals surface area contributed by atoms with Crippen LogP contribution >= 0.6 is 11.8 Å². The largest absolute Gasteiger partial charge is 0.361 e. The second kappa shape index (κ2) is 9.85. The van der Waals surface area contributed by atoms with Gasteiger partial charge < -0.3 is 9.42 Å². The molecule has 32 heavy (non-hydrogen) atoms. The summed E-state index contributed by atoms with van der Waals surface area (Å²) in [6.07, 6.45) is 1.65. The van der Waals surface area contributed by atoms with E-state index in [1.807, 2.05) is 31.2 Å². The van der Waals surface area contributed by atoms with Crippen LogP contribution in [0.4, 0.5) is 0 Å². The van der Waals surface area contributed by atoms with Gasteiger partial charge in [0.15, 0.2) is 0 Å². The molecule has 8 nitrogen and oxygen atoms in total. The molecule has 1 aliphatic heterocycles. The van der Waals surface area contributed by atoms with E-state index >= 15 is 0 Å². The normalized spacial score (nSPS) is 15.1. The maximum atomic E-state index is 13.2. The summed E-state index contributed by atoms with van der Waals surface area (Å²) in [5.41, 5.74) is 2.05. The van der Waals surface area contributed by atoms with Gasteiger partial charge in [0, 0.05) is 44.2 Å². The lowest BCUT2D eigenvalue weighted by Gasteiger charge is -2.34. The van der Waals surface area contributed by atoms with Gasteiger partial charge in [-0.15, -0.1) is 0 Å². The van der Waals surface area contributed by atoms with E-state index in [9.17, 15) is 13.2 Å². The quantitative estimate of drug-likeness (QED) is 0.488. The lowest BCUT2D eigenvalue weighted by atomic mass is 10.2. The van der Waals surface area contributed by atoms with Crippen molar-refractivity contribution in [3.8, 4) is 0 Å². The minimum atomic E-state index is -3.43. The number of thioether (sulfide) groups is 1. The number of pyridine rings is 1. The lowest BCUT2D eigenvalue weighted by molar-refractivity contribution is 0.0693. The molecule has 1 aliphatic rings. The van der Waals surface area contributed by atoms with E-state index in [0.29, 0.717) is 29.4 Å². The van der Waals surface area contributed by atoms with Crippen molar-refractivity contribution in [1.82, 2.24) is 19.3 Å². The number of aromatic nitrogens is 2. The number of rotatable bonds is 7. The van der Waals surface area contributed by atoms with Crippen molar-refractivity contribution in [3.63, 3.8) is 0 Å². The molecule has 1 fully saturated rings. The molecule has 0 saturated carbocycles. The average molecular weight is 473 g/mol. The molecule has 0 spiro atoms. The fourth-order valence-corrected chi connectivity index (χ4v) is 5.90. The van der Waals surface area contributed by atoms with Crippen molar-refractivity contribution in [2.24, 2.45) is 0 Å².